The smallest absolute Gasteiger partial charge is 0.337 e. The second-order valence-corrected chi connectivity index (χ2v) is 15.1. The van der Waals surface area contributed by atoms with Crippen molar-refractivity contribution in [1.29, 1.82) is 0 Å². The summed E-state index contributed by atoms with van der Waals surface area (Å²) in [5.41, 5.74) is -0.117. The van der Waals surface area contributed by atoms with Crippen molar-refractivity contribution in [3.63, 3.8) is 0 Å². The molecule has 2 fully saturated rings. The summed E-state index contributed by atoms with van der Waals surface area (Å²) in [6.07, 6.45) is -2.09. The van der Waals surface area contributed by atoms with Crippen LogP contribution in [0.2, 0.25) is 0 Å². The van der Waals surface area contributed by atoms with E-state index in [0.717, 1.165) is 0 Å². The molecule has 334 valence electrons. The molecule has 19 heteroatoms. The number of hydrogen-bond acceptors (Lipinski definition) is 15. The molecule has 3 aromatic rings. The molecule has 0 bridgehead atoms. The first-order valence-electron chi connectivity index (χ1n) is 19.2. The predicted octanol–water partition coefficient (Wildman–Crippen LogP) is 3.56. The van der Waals surface area contributed by atoms with Gasteiger partial charge in [-0.1, -0.05) is 18.2 Å². The van der Waals surface area contributed by atoms with Crippen molar-refractivity contribution in [2.75, 3.05) is 41.5 Å². The van der Waals surface area contributed by atoms with Gasteiger partial charge in [-0.15, -0.1) is 0 Å². The van der Waals surface area contributed by atoms with Crippen molar-refractivity contribution in [3.05, 3.63) is 83.4 Å². The lowest BCUT2D eigenvalue weighted by Crippen LogP contribution is -2.44. The molecule has 4 N–H and O–H groups in total. The van der Waals surface area contributed by atoms with Crippen LogP contribution in [0.25, 0.3) is 0 Å². The fourth-order valence-electron chi connectivity index (χ4n) is 7.04. The number of methoxy groups -OCH3 is 4. The van der Waals surface area contributed by atoms with Crippen molar-refractivity contribution < 1.29 is 82.0 Å². The first-order chi connectivity index (χ1) is 29.3. The number of nitrogens with one attached hydrogen (secondary N) is 1. The molecular weight excluding hydrogens is 816 g/mol. The zero-order valence-corrected chi connectivity index (χ0v) is 35.1. The molecule has 0 radical (unpaired) electrons. The molecule has 2 aliphatic rings. The van der Waals surface area contributed by atoms with Crippen LogP contribution < -0.4 is 24.3 Å². The minimum Gasteiger partial charge on any atom is -0.493 e. The number of amides is 1. The molecule has 0 aromatic heterocycles. The highest BCUT2D eigenvalue weighted by molar-refractivity contribution is 5.97. The Kier molecular flexibility index (Phi) is 16.2. The normalized spacial score (nSPS) is 20.4. The largest absolute Gasteiger partial charge is 0.493 e. The maximum absolute atomic E-state index is 13.5. The molecule has 0 spiro atoms. The summed E-state index contributed by atoms with van der Waals surface area (Å²) in [5.74, 6) is -6.28. The number of hydrogen-bond donors (Lipinski definition) is 4. The zero-order valence-electron chi connectivity index (χ0n) is 35.1. The van der Waals surface area contributed by atoms with Crippen LogP contribution in [0.5, 0.6) is 23.0 Å². The van der Waals surface area contributed by atoms with Crippen molar-refractivity contribution in [3.8, 4) is 23.0 Å². The molecule has 2 saturated heterocycles. The molecule has 1 amide bonds. The van der Waals surface area contributed by atoms with Crippen LogP contribution in [0.4, 0.5) is 0 Å². The molecule has 0 saturated carbocycles. The molecule has 19 nitrogen and oxygen atoms in total. The summed E-state index contributed by atoms with van der Waals surface area (Å²) >= 11 is 0. The second kappa shape index (κ2) is 21.1. The number of esters is 3. The van der Waals surface area contributed by atoms with E-state index in [4.69, 9.17) is 43.4 Å². The van der Waals surface area contributed by atoms with E-state index in [-0.39, 0.29) is 60.1 Å². The SMILES string of the molecule is COC(=O)c1ccc(OC2CN(C(=O)c3ccccc3)[C@H](C(=O)OC)[C@H]2CC(=O)OC(C)(C)C)c(OC)c1.COc1cc(C(=O)O)ccc1OC1CN[C@H](C(=O)O)[C@H]1CC(=O)O. The average Bonchev–Trinajstić information content (AvgIpc) is 3.79. The summed E-state index contributed by atoms with van der Waals surface area (Å²) in [4.78, 5) is 85.9. The van der Waals surface area contributed by atoms with Crippen LogP contribution in [-0.4, -0.2) is 133 Å². The highest BCUT2D eigenvalue weighted by atomic mass is 16.6. The van der Waals surface area contributed by atoms with Gasteiger partial charge in [0.05, 0.1) is 59.0 Å². The Morgan fingerprint density at radius 2 is 1.27 bits per heavy atom. The van der Waals surface area contributed by atoms with Crippen LogP contribution in [0, 0.1) is 11.8 Å². The third-order valence-corrected chi connectivity index (χ3v) is 9.82. The quantitative estimate of drug-likeness (QED) is 0.126. The fourth-order valence-corrected chi connectivity index (χ4v) is 7.04. The summed E-state index contributed by atoms with van der Waals surface area (Å²) in [6, 6.07) is 14.9. The summed E-state index contributed by atoms with van der Waals surface area (Å²) in [7, 11) is 5.25. The number of nitrogens with zero attached hydrogens (tertiary/aromatic N) is 1. The number of carbonyl (C=O) groups excluding carboxylic acids is 4. The fraction of sp³-hybridized carbons (Fsp3) is 0.419. The van der Waals surface area contributed by atoms with Gasteiger partial charge in [-0.2, -0.15) is 0 Å². The van der Waals surface area contributed by atoms with E-state index in [1.165, 1.54) is 69.7 Å². The Hall–Kier alpha value is -6.89. The number of aliphatic carboxylic acids is 2. The number of ether oxygens (including phenoxy) is 7. The monoisotopic (exact) mass is 866 g/mol. The Labute approximate surface area is 356 Å². The van der Waals surface area contributed by atoms with E-state index in [1.807, 2.05) is 0 Å². The number of likely N-dealkylation sites (tertiary alicyclic amines) is 1. The highest BCUT2D eigenvalue weighted by Crippen LogP contribution is 2.37. The Morgan fingerprint density at radius 1 is 0.694 bits per heavy atom. The van der Waals surface area contributed by atoms with Crippen molar-refractivity contribution in [2.45, 2.75) is 63.5 Å². The first-order valence-corrected chi connectivity index (χ1v) is 19.2. The van der Waals surface area contributed by atoms with Crippen molar-refractivity contribution >= 4 is 41.7 Å². The number of carbonyl (C=O) groups is 7. The van der Waals surface area contributed by atoms with Gasteiger partial charge in [0.15, 0.2) is 23.0 Å². The van der Waals surface area contributed by atoms with E-state index in [2.05, 4.69) is 5.32 Å². The van der Waals surface area contributed by atoms with Crippen molar-refractivity contribution in [2.24, 2.45) is 11.8 Å². The van der Waals surface area contributed by atoms with Crippen LogP contribution in [0.1, 0.15) is 64.7 Å². The molecule has 2 unspecified atom stereocenters. The topological polar surface area (TPSA) is 260 Å². The Bertz CT molecular complexity index is 2120. The van der Waals surface area contributed by atoms with Crippen LogP contribution >= 0.6 is 0 Å². The van der Waals surface area contributed by atoms with Gasteiger partial charge in [-0.05, 0) is 69.3 Å². The molecule has 6 atom stereocenters. The van der Waals surface area contributed by atoms with Gasteiger partial charge < -0.3 is 58.7 Å². The lowest BCUT2D eigenvalue weighted by atomic mass is 9.93. The molecule has 3 aromatic carbocycles. The van der Waals surface area contributed by atoms with E-state index in [1.54, 1.807) is 51.1 Å². The van der Waals surface area contributed by atoms with Gasteiger partial charge in [0, 0.05) is 23.9 Å². The molecular formula is C43H50N2O17. The maximum Gasteiger partial charge on any atom is 0.337 e. The van der Waals surface area contributed by atoms with E-state index >= 15 is 0 Å². The van der Waals surface area contributed by atoms with E-state index < -0.39 is 83.5 Å². The number of carboxylic acid groups (broad SMARTS) is 3. The van der Waals surface area contributed by atoms with E-state index in [9.17, 15) is 38.7 Å². The number of carboxylic acids is 3. The average molecular weight is 867 g/mol. The first kappa shape index (κ1) is 47.8. The third-order valence-electron chi connectivity index (χ3n) is 9.82. The molecule has 2 aliphatic heterocycles. The van der Waals surface area contributed by atoms with Crippen LogP contribution in [0.15, 0.2) is 66.7 Å². The van der Waals surface area contributed by atoms with Gasteiger partial charge in [0.2, 0.25) is 0 Å². The highest BCUT2D eigenvalue weighted by Gasteiger charge is 2.51. The van der Waals surface area contributed by atoms with Gasteiger partial charge in [-0.3, -0.25) is 19.2 Å². The van der Waals surface area contributed by atoms with Gasteiger partial charge in [0.25, 0.3) is 5.91 Å². The second-order valence-electron chi connectivity index (χ2n) is 15.1. The minimum absolute atomic E-state index is 0.00856. The standard InChI is InChI=1S/C28H33NO9.C15H17NO8/c1-28(2,3)38-23(30)15-19-22(37-20-13-12-18(26(32)35-5)14-21(20)34-4)16-29(24(19)27(33)36-6)25(31)17-10-8-7-9-11-17;1-23-10-4-7(14(19)20)2-3-9(10)24-11-6-16-13(15(21)22)8(11)5-12(17)18/h7-14,19,22,24H,15-16H2,1-6H3;2-4,8,11,13,16H,5-6H2,1H3,(H,17,18)(H,19,20)(H,21,22)/t19-,22?,24-;8-,11?,13-/m00/s1. The minimum atomic E-state index is -1.15. The lowest BCUT2D eigenvalue weighted by molar-refractivity contribution is -0.158. The zero-order chi connectivity index (χ0) is 45.9. The summed E-state index contributed by atoms with van der Waals surface area (Å²) in [5, 5.41) is 29.9. The van der Waals surface area contributed by atoms with Crippen molar-refractivity contribution in [1.82, 2.24) is 10.2 Å². The van der Waals surface area contributed by atoms with Gasteiger partial charge >= 0.3 is 35.8 Å². The predicted molar refractivity (Wildman–Crippen MR) is 216 cm³/mol. The maximum atomic E-state index is 13.5. The van der Waals surface area contributed by atoms with Crippen LogP contribution in [-0.2, 0) is 33.4 Å². The Balaban J connectivity index is 0.000000302. The number of rotatable bonds is 15. The third kappa shape index (κ3) is 12.1. The summed E-state index contributed by atoms with van der Waals surface area (Å²) in [6.45, 7) is 5.36. The molecule has 2 heterocycles. The number of aromatic carboxylic acids is 1. The molecule has 5 rings (SSSR count). The molecule has 0 aliphatic carbocycles. The van der Waals surface area contributed by atoms with E-state index in [0.29, 0.717) is 5.56 Å². The van der Waals surface area contributed by atoms with Gasteiger partial charge in [0.1, 0.15) is 29.9 Å². The lowest BCUT2D eigenvalue weighted by Gasteiger charge is -2.27. The van der Waals surface area contributed by atoms with Gasteiger partial charge in [-0.25, -0.2) is 14.4 Å². The Morgan fingerprint density at radius 3 is 1.79 bits per heavy atom. The molecule has 62 heavy (non-hydrogen) atoms. The van der Waals surface area contributed by atoms with Crippen LogP contribution in [0.3, 0.4) is 0 Å². The number of benzene rings is 3. The summed E-state index contributed by atoms with van der Waals surface area (Å²) < 4.78 is 37.8.